The first-order valence-electron chi connectivity index (χ1n) is 10.4. The first-order valence-corrected chi connectivity index (χ1v) is 10.8. The molecular weight excluding hydrogens is 414 g/mol. The van der Waals surface area contributed by atoms with E-state index in [0.29, 0.717) is 24.7 Å². The zero-order valence-electron chi connectivity index (χ0n) is 18.1. The van der Waals surface area contributed by atoms with Crippen LogP contribution in [-0.2, 0) is 0 Å². The summed E-state index contributed by atoms with van der Waals surface area (Å²) >= 11 is 4.70. The van der Waals surface area contributed by atoms with Gasteiger partial charge >= 0.3 is 0 Å². The maximum absolute atomic E-state index is 5.78. The molecule has 0 aliphatic heterocycles. The molecule has 0 saturated heterocycles. The third-order valence-corrected chi connectivity index (χ3v) is 4.37. The van der Waals surface area contributed by atoms with Crippen molar-refractivity contribution in [3.8, 4) is 23.0 Å². The largest absolute Gasteiger partial charge is 0.494 e. The summed E-state index contributed by atoms with van der Waals surface area (Å²) in [6.07, 6.45) is 6.36. The Hall–Kier alpha value is -3.00. The molecule has 8 heteroatoms. The summed E-state index contributed by atoms with van der Waals surface area (Å²) in [6, 6.07) is 13.1. The summed E-state index contributed by atoms with van der Waals surface area (Å²) < 4.78 is 22.6. The lowest BCUT2D eigenvalue weighted by Gasteiger charge is -2.12. The fourth-order valence-electron chi connectivity index (χ4n) is 2.72. The van der Waals surface area contributed by atoms with Gasteiger partial charge in [0.05, 0.1) is 19.9 Å². The Labute approximate surface area is 189 Å². The average Bonchev–Trinajstić information content (AvgIpc) is 2.77. The van der Waals surface area contributed by atoms with Gasteiger partial charge in [0.15, 0.2) is 16.6 Å². The lowest BCUT2D eigenvalue weighted by atomic mass is 10.2. The van der Waals surface area contributed by atoms with Crippen molar-refractivity contribution in [2.45, 2.75) is 32.6 Å². The number of hydrazone groups is 1. The Bertz CT molecular complexity index is 828. The van der Waals surface area contributed by atoms with Crippen LogP contribution in [0.5, 0.6) is 23.0 Å². The molecule has 7 nitrogen and oxygen atoms in total. The zero-order valence-corrected chi connectivity index (χ0v) is 19.0. The van der Waals surface area contributed by atoms with Crippen molar-refractivity contribution < 1.29 is 18.9 Å². The highest BCUT2D eigenvalue weighted by molar-refractivity contribution is 7.80. The highest BCUT2D eigenvalue weighted by Crippen LogP contribution is 2.27. The van der Waals surface area contributed by atoms with E-state index in [9.17, 15) is 0 Å². The molecule has 0 radical (unpaired) electrons. The van der Waals surface area contributed by atoms with Crippen LogP contribution in [0, 0.1) is 0 Å². The van der Waals surface area contributed by atoms with Gasteiger partial charge in [-0.1, -0.05) is 26.2 Å². The molecule has 0 bridgehead atoms. The number of nitrogens with two attached hydrogens (primary N) is 1. The van der Waals surface area contributed by atoms with Gasteiger partial charge in [0, 0.05) is 0 Å². The molecule has 168 valence electrons. The van der Waals surface area contributed by atoms with Crippen molar-refractivity contribution in [1.29, 1.82) is 0 Å². The van der Waals surface area contributed by atoms with Crippen LogP contribution in [0.3, 0.4) is 0 Å². The van der Waals surface area contributed by atoms with Gasteiger partial charge in [0.1, 0.15) is 24.7 Å². The van der Waals surface area contributed by atoms with Crippen molar-refractivity contribution in [3.63, 3.8) is 0 Å². The third kappa shape index (κ3) is 9.57. The Kier molecular flexibility index (Phi) is 11.0. The minimum absolute atomic E-state index is 0.104. The molecule has 0 saturated carbocycles. The smallest absolute Gasteiger partial charge is 0.184 e. The number of thiocarbonyl (C=S) groups is 1. The van der Waals surface area contributed by atoms with E-state index in [1.165, 1.54) is 19.3 Å². The molecule has 0 spiro atoms. The van der Waals surface area contributed by atoms with Crippen LogP contribution in [0.4, 0.5) is 0 Å². The number of hydrogen-bond donors (Lipinski definition) is 2. The van der Waals surface area contributed by atoms with E-state index in [-0.39, 0.29) is 5.11 Å². The third-order valence-electron chi connectivity index (χ3n) is 4.28. The average molecular weight is 446 g/mol. The van der Waals surface area contributed by atoms with Crippen LogP contribution in [0.15, 0.2) is 47.6 Å². The van der Waals surface area contributed by atoms with Gasteiger partial charge in [-0.15, -0.1) is 0 Å². The van der Waals surface area contributed by atoms with Gasteiger partial charge in [0.25, 0.3) is 0 Å². The van der Waals surface area contributed by atoms with Crippen LogP contribution < -0.4 is 30.1 Å². The van der Waals surface area contributed by atoms with Crippen LogP contribution in [0.25, 0.3) is 0 Å². The van der Waals surface area contributed by atoms with Crippen LogP contribution in [0.1, 0.15) is 38.2 Å². The van der Waals surface area contributed by atoms with E-state index < -0.39 is 0 Å². The SMILES string of the molecule is CCCCCCOc1ccc(OCCOc2ccc(/C=N\NC(N)=S)cc2OC)cc1. The molecule has 2 aromatic carbocycles. The van der Waals surface area contributed by atoms with Gasteiger partial charge in [-0.25, -0.2) is 0 Å². The maximum atomic E-state index is 5.78. The van der Waals surface area contributed by atoms with Crippen molar-refractivity contribution in [2.75, 3.05) is 26.9 Å². The number of hydrogen-bond acceptors (Lipinski definition) is 6. The van der Waals surface area contributed by atoms with Gasteiger partial charge in [-0.3, -0.25) is 5.43 Å². The number of nitrogens with one attached hydrogen (secondary N) is 1. The quantitative estimate of drug-likeness (QED) is 0.194. The van der Waals surface area contributed by atoms with Gasteiger partial charge in [-0.2, -0.15) is 5.10 Å². The second-order valence-corrected chi connectivity index (χ2v) is 7.16. The highest BCUT2D eigenvalue weighted by atomic mass is 32.1. The Morgan fingerprint density at radius 2 is 1.61 bits per heavy atom. The summed E-state index contributed by atoms with van der Waals surface area (Å²) in [5, 5.41) is 4.03. The molecule has 3 N–H and O–H groups in total. The molecule has 0 heterocycles. The molecule has 2 rings (SSSR count). The normalized spacial score (nSPS) is 10.6. The summed E-state index contributed by atoms with van der Waals surface area (Å²) in [5.74, 6) is 2.85. The van der Waals surface area contributed by atoms with E-state index >= 15 is 0 Å². The number of rotatable bonds is 14. The highest BCUT2D eigenvalue weighted by Gasteiger charge is 2.05. The number of methoxy groups -OCH3 is 1. The molecule has 0 amide bonds. The molecule has 0 aliphatic carbocycles. The van der Waals surface area contributed by atoms with E-state index in [1.807, 2.05) is 42.5 Å². The monoisotopic (exact) mass is 445 g/mol. The maximum Gasteiger partial charge on any atom is 0.184 e. The predicted octanol–water partition coefficient (Wildman–Crippen LogP) is 4.28. The molecule has 0 atom stereocenters. The summed E-state index contributed by atoms with van der Waals surface area (Å²) in [5.41, 5.74) is 8.65. The van der Waals surface area contributed by atoms with Crippen LogP contribution in [0.2, 0.25) is 0 Å². The Morgan fingerprint density at radius 3 is 2.26 bits per heavy atom. The number of benzene rings is 2. The molecule has 2 aromatic rings. The second-order valence-electron chi connectivity index (χ2n) is 6.72. The summed E-state index contributed by atoms with van der Waals surface area (Å²) in [4.78, 5) is 0. The first-order chi connectivity index (χ1) is 15.1. The Balaban J connectivity index is 1.74. The van der Waals surface area contributed by atoms with Crippen molar-refractivity contribution in [1.82, 2.24) is 5.43 Å². The summed E-state index contributed by atoms with van der Waals surface area (Å²) in [6.45, 7) is 3.73. The molecule has 31 heavy (non-hydrogen) atoms. The van der Waals surface area contributed by atoms with E-state index in [0.717, 1.165) is 30.1 Å². The molecule has 0 aliphatic rings. The van der Waals surface area contributed by atoms with Gasteiger partial charge in [0.2, 0.25) is 0 Å². The second kappa shape index (κ2) is 14.1. The molecule has 0 fully saturated rings. The first kappa shape index (κ1) is 24.3. The number of ether oxygens (including phenoxy) is 4. The van der Waals surface area contributed by atoms with E-state index in [2.05, 4.69) is 17.5 Å². The van der Waals surface area contributed by atoms with Crippen molar-refractivity contribution in [2.24, 2.45) is 10.8 Å². The molecular formula is C23H31N3O4S. The van der Waals surface area contributed by atoms with E-state index in [4.69, 9.17) is 36.9 Å². The predicted molar refractivity (Wildman–Crippen MR) is 128 cm³/mol. The van der Waals surface area contributed by atoms with Crippen molar-refractivity contribution >= 4 is 23.5 Å². The number of unbranched alkanes of at least 4 members (excludes halogenated alkanes) is 3. The summed E-state index contributed by atoms with van der Waals surface area (Å²) in [7, 11) is 1.58. The van der Waals surface area contributed by atoms with Gasteiger partial charge < -0.3 is 24.7 Å². The minimum Gasteiger partial charge on any atom is -0.494 e. The lowest BCUT2D eigenvalue weighted by molar-refractivity contribution is 0.211. The van der Waals surface area contributed by atoms with Crippen molar-refractivity contribution in [3.05, 3.63) is 48.0 Å². The van der Waals surface area contributed by atoms with Gasteiger partial charge in [-0.05, 0) is 66.7 Å². The minimum atomic E-state index is 0.104. The standard InChI is InChI=1S/C23H31N3O4S/c1-3-4-5-6-13-28-19-8-10-20(11-9-19)29-14-15-30-21-12-7-18(16-22(21)27-2)17-25-26-23(24)31/h7-12,16-17H,3-6,13-15H2,1-2H3,(H3,24,26,31)/b25-17-. The molecule has 0 aromatic heterocycles. The molecule has 0 unspecified atom stereocenters. The fourth-order valence-corrected chi connectivity index (χ4v) is 2.77. The Morgan fingerprint density at radius 1 is 0.935 bits per heavy atom. The number of nitrogens with zero attached hydrogens (tertiary/aromatic N) is 1. The van der Waals surface area contributed by atoms with Crippen LogP contribution in [-0.4, -0.2) is 38.3 Å². The van der Waals surface area contributed by atoms with E-state index in [1.54, 1.807) is 13.3 Å². The lowest BCUT2D eigenvalue weighted by Crippen LogP contribution is -2.23. The zero-order chi connectivity index (χ0) is 22.3. The topological polar surface area (TPSA) is 87.3 Å². The fraction of sp³-hybridized carbons (Fsp3) is 0.391. The van der Waals surface area contributed by atoms with Crippen LogP contribution >= 0.6 is 12.2 Å².